The van der Waals surface area contributed by atoms with Gasteiger partial charge in [-0.3, -0.25) is 4.79 Å². The second-order valence-corrected chi connectivity index (χ2v) is 10.4. The third-order valence-corrected chi connectivity index (χ3v) is 6.09. The maximum Gasteiger partial charge on any atom is 0.339 e. The Morgan fingerprint density at radius 3 is 2.32 bits per heavy atom. The molecule has 2 aromatic carbocycles. The first-order chi connectivity index (χ1) is 17.6. The number of carbonyl (C=O) groups excluding carboxylic acids is 2. The summed E-state index contributed by atoms with van der Waals surface area (Å²) in [5.41, 5.74) is 8.96. The number of unbranched alkanes of at least 4 members (excludes halogenated alkanes) is 1. The van der Waals surface area contributed by atoms with E-state index in [0.29, 0.717) is 30.6 Å². The number of amides is 1. The first-order valence-corrected chi connectivity index (χ1v) is 13.0. The highest BCUT2D eigenvalue weighted by Gasteiger charge is 2.26. The Kier molecular flexibility index (Phi) is 9.27. The van der Waals surface area contributed by atoms with Crippen LogP contribution in [-0.2, 0) is 17.7 Å². The number of primary amides is 1. The predicted molar refractivity (Wildman–Crippen MR) is 145 cm³/mol. The van der Waals surface area contributed by atoms with Crippen molar-refractivity contribution < 1.29 is 19.4 Å². The fourth-order valence-electron chi connectivity index (χ4n) is 4.34. The van der Waals surface area contributed by atoms with Gasteiger partial charge in [0.1, 0.15) is 22.8 Å². The third kappa shape index (κ3) is 7.07. The number of aliphatic hydroxyl groups excluding tert-OH is 1. The van der Waals surface area contributed by atoms with Crippen LogP contribution >= 0.6 is 0 Å². The van der Waals surface area contributed by atoms with Gasteiger partial charge in [-0.05, 0) is 56.4 Å². The number of hydrogen-bond acceptors (Lipinski definition) is 5. The summed E-state index contributed by atoms with van der Waals surface area (Å²) >= 11 is 0. The fourth-order valence-corrected chi connectivity index (χ4v) is 4.34. The number of esters is 1. The van der Waals surface area contributed by atoms with Gasteiger partial charge in [0.15, 0.2) is 0 Å². The fraction of sp³-hybridized carbons (Fsp3) is 0.433. The molecule has 3 rings (SSSR count). The molecule has 0 aliphatic rings. The lowest BCUT2D eigenvalue weighted by atomic mass is 9.98. The normalized spacial score (nSPS) is 12.4. The van der Waals surface area contributed by atoms with Gasteiger partial charge in [0.2, 0.25) is 0 Å². The number of hydrogen-bond donors (Lipinski definition) is 2. The van der Waals surface area contributed by atoms with Crippen LogP contribution in [0.25, 0.3) is 11.1 Å². The summed E-state index contributed by atoms with van der Waals surface area (Å²) in [4.78, 5) is 29.9. The first kappa shape index (κ1) is 28.1. The Bertz CT molecular complexity index is 1220. The van der Waals surface area contributed by atoms with E-state index >= 15 is 0 Å². The van der Waals surface area contributed by atoms with E-state index in [-0.39, 0.29) is 11.7 Å². The maximum atomic E-state index is 12.8. The molecule has 1 heterocycles. The number of carbonyl (C=O) groups is 2. The molecule has 0 radical (unpaired) electrons. The molecule has 37 heavy (non-hydrogen) atoms. The Balaban J connectivity index is 1.96. The van der Waals surface area contributed by atoms with E-state index in [1.807, 2.05) is 74.7 Å². The summed E-state index contributed by atoms with van der Waals surface area (Å²) in [5.74, 6) is -0.209. The molecule has 0 aliphatic carbocycles. The highest BCUT2D eigenvalue weighted by molar-refractivity contribution is 5.97. The standard InChI is InChI=1S/C30H39N3O4/c1-6-8-14-25-32-26(24(34)11-7-2)27(28(31)35)33(25)19-20-15-17-21(18-16-20)22-12-9-10-13-23(22)29(36)37-30(3,4)5/h9-10,12-13,15-18,24,34H,6-8,11,14,19H2,1-5H3,(H2,31,35). The second-order valence-electron chi connectivity index (χ2n) is 10.4. The van der Waals surface area contributed by atoms with Crippen LogP contribution in [0.1, 0.15) is 104 Å². The quantitative estimate of drug-likeness (QED) is 0.319. The molecule has 1 atom stereocenters. The average Bonchev–Trinajstić information content (AvgIpc) is 3.20. The molecule has 0 bridgehead atoms. The molecule has 0 spiro atoms. The van der Waals surface area contributed by atoms with E-state index in [4.69, 9.17) is 10.5 Å². The Labute approximate surface area is 219 Å². The van der Waals surface area contributed by atoms with Crippen LogP contribution < -0.4 is 5.73 Å². The van der Waals surface area contributed by atoms with Gasteiger partial charge >= 0.3 is 5.97 Å². The van der Waals surface area contributed by atoms with Gasteiger partial charge in [0.25, 0.3) is 5.91 Å². The van der Waals surface area contributed by atoms with Gasteiger partial charge < -0.3 is 20.1 Å². The minimum absolute atomic E-state index is 0.270. The molecule has 1 unspecified atom stereocenters. The molecule has 1 amide bonds. The number of rotatable bonds is 11. The summed E-state index contributed by atoms with van der Waals surface area (Å²) in [6, 6.07) is 15.2. The number of benzene rings is 2. The van der Waals surface area contributed by atoms with Crippen molar-refractivity contribution in [2.45, 2.75) is 85.0 Å². The molecular formula is C30H39N3O4. The Hall–Kier alpha value is -3.45. The van der Waals surface area contributed by atoms with Crippen molar-refractivity contribution >= 4 is 11.9 Å². The molecule has 0 saturated heterocycles. The van der Waals surface area contributed by atoms with Crippen molar-refractivity contribution in [3.8, 4) is 11.1 Å². The van der Waals surface area contributed by atoms with Crippen molar-refractivity contribution in [2.75, 3.05) is 0 Å². The van der Waals surface area contributed by atoms with Gasteiger partial charge in [-0.25, -0.2) is 9.78 Å². The van der Waals surface area contributed by atoms with Crippen molar-refractivity contribution in [2.24, 2.45) is 5.73 Å². The van der Waals surface area contributed by atoms with Crippen LogP contribution in [0.5, 0.6) is 0 Å². The highest BCUT2D eigenvalue weighted by atomic mass is 16.6. The summed E-state index contributed by atoms with van der Waals surface area (Å²) in [5, 5.41) is 10.7. The van der Waals surface area contributed by atoms with Crippen molar-refractivity contribution in [3.05, 3.63) is 76.9 Å². The number of ether oxygens (including phenoxy) is 1. The van der Waals surface area contributed by atoms with Crippen LogP contribution in [-0.4, -0.2) is 32.1 Å². The van der Waals surface area contributed by atoms with Crippen molar-refractivity contribution in [3.63, 3.8) is 0 Å². The van der Waals surface area contributed by atoms with Crippen LogP contribution in [0.4, 0.5) is 0 Å². The monoisotopic (exact) mass is 505 g/mol. The minimum atomic E-state index is -0.833. The van der Waals surface area contributed by atoms with E-state index in [2.05, 4.69) is 11.9 Å². The number of aromatic nitrogens is 2. The molecule has 0 aliphatic heterocycles. The smallest absolute Gasteiger partial charge is 0.339 e. The molecule has 0 saturated carbocycles. The van der Waals surface area contributed by atoms with Gasteiger partial charge in [0.05, 0.1) is 11.7 Å². The summed E-state index contributed by atoms with van der Waals surface area (Å²) in [6.07, 6.45) is 3.03. The van der Waals surface area contributed by atoms with E-state index in [1.54, 1.807) is 6.07 Å². The molecule has 1 aromatic heterocycles. The number of aliphatic hydroxyl groups is 1. The lowest BCUT2D eigenvalue weighted by molar-refractivity contribution is 0.00703. The summed E-state index contributed by atoms with van der Waals surface area (Å²) in [7, 11) is 0. The topological polar surface area (TPSA) is 107 Å². The summed E-state index contributed by atoms with van der Waals surface area (Å²) in [6.45, 7) is 10.0. The number of aryl methyl sites for hydroxylation is 1. The SMILES string of the molecule is CCCCc1nc(C(O)CCC)c(C(N)=O)n1Cc1ccc(-c2ccccc2C(=O)OC(C)(C)C)cc1. The van der Waals surface area contributed by atoms with Crippen molar-refractivity contribution in [1.29, 1.82) is 0 Å². The number of nitrogens with two attached hydrogens (primary N) is 1. The van der Waals surface area contributed by atoms with Gasteiger partial charge in [-0.15, -0.1) is 0 Å². The van der Waals surface area contributed by atoms with Crippen molar-refractivity contribution in [1.82, 2.24) is 9.55 Å². The number of imidazole rings is 1. The Morgan fingerprint density at radius 2 is 1.73 bits per heavy atom. The lowest BCUT2D eigenvalue weighted by Crippen LogP contribution is -2.24. The second kappa shape index (κ2) is 12.2. The van der Waals surface area contributed by atoms with Crippen LogP contribution in [0.15, 0.2) is 48.5 Å². The third-order valence-electron chi connectivity index (χ3n) is 6.09. The summed E-state index contributed by atoms with van der Waals surface area (Å²) < 4.78 is 7.44. The Morgan fingerprint density at radius 1 is 1.05 bits per heavy atom. The van der Waals surface area contributed by atoms with E-state index in [9.17, 15) is 14.7 Å². The first-order valence-electron chi connectivity index (χ1n) is 13.0. The van der Waals surface area contributed by atoms with E-state index in [1.165, 1.54) is 0 Å². The van der Waals surface area contributed by atoms with Gasteiger partial charge in [-0.1, -0.05) is 69.2 Å². The van der Waals surface area contributed by atoms with E-state index < -0.39 is 17.6 Å². The molecule has 3 aromatic rings. The zero-order valence-corrected chi connectivity index (χ0v) is 22.6. The maximum absolute atomic E-state index is 12.8. The van der Waals surface area contributed by atoms with Crippen LogP contribution in [0.3, 0.4) is 0 Å². The van der Waals surface area contributed by atoms with Crippen LogP contribution in [0.2, 0.25) is 0 Å². The van der Waals surface area contributed by atoms with E-state index in [0.717, 1.165) is 41.8 Å². The minimum Gasteiger partial charge on any atom is -0.456 e. The number of nitrogens with zero attached hydrogens (tertiary/aromatic N) is 2. The molecule has 3 N–H and O–H groups in total. The predicted octanol–water partition coefficient (Wildman–Crippen LogP) is 5.83. The molecular weight excluding hydrogens is 466 g/mol. The molecule has 7 heteroatoms. The largest absolute Gasteiger partial charge is 0.456 e. The van der Waals surface area contributed by atoms with Gasteiger partial charge in [0, 0.05) is 13.0 Å². The van der Waals surface area contributed by atoms with Gasteiger partial charge in [-0.2, -0.15) is 0 Å². The molecule has 7 nitrogen and oxygen atoms in total. The lowest BCUT2D eigenvalue weighted by Gasteiger charge is -2.20. The van der Waals surface area contributed by atoms with Crippen LogP contribution in [0, 0.1) is 0 Å². The zero-order valence-electron chi connectivity index (χ0n) is 22.6. The highest BCUT2D eigenvalue weighted by Crippen LogP contribution is 2.28. The zero-order chi connectivity index (χ0) is 27.2. The average molecular weight is 506 g/mol. The molecule has 198 valence electrons. The molecule has 0 fully saturated rings.